The van der Waals surface area contributed by atoms with Crippen molar-refractivity contribution >= 4 is 17.9 Å². The summed E-state index contributed by atoms with van der Waals surface area (Å²) in [4.78, 5) is 38.5. The van der Waals surface area contributed by atoms with Gasteiger partial charge in [0.05, 0.1) is 0 Å². The van der Waals surface area contributed by atoms with Gasteiger partial charge in [0.2, 0.25) is 0 Å². The lowest BCUT2D eigenvalue weighted by Gasteiger charge is -2.18. The molecule has 0 aromatic carbocycles. The summed E-state index contributed by atoms with van der Waals surface area (Å²) in [7, 11) is 0. The molecule has 0 radical (unpaired) electrons. The molecule has 0 aliphatic carbocycles. The first kappa shape index (κ1) is 77.6. The van der Waals surface area contributed by atoms with Crippen molar-refractivity contribution in [1.29, 1.82) is 0 Å². The lowest BCUT2D eigenvalue weighted by atomic mass is 10.0. The van der Waals surface area contributed by atoms with E-state index >= 15 is 0 Å². The van der Waals surface area contributed by atoms with Crippen LogP contribution in [-0.2, 0) is 28.6 Å². The van der Waals surface area contributed by atoms with Crippen molar-refractivity contribution < 1.29 is 28.6 Å². The number of ether oxygens (including phenoxy) is 3. The maximum atomic E-state index is 12.9. The molecule has 6 heteroatoms. The predicted molar refractivity (Wildman–Crippen MR) is 353 cm³/mol. The summed E-state index contributed by atoms with van der Waals surface area (Å²) in [5.74, 6) is -0.882. The average Bonchev–Trinajstić information content (AvgIpc) is 3.47. The Balaban J connectivity index is 4.34. The Morgan fingerprint density at radius 2 is 0.444 bits per heavy atom. The third-order valence-corrected chi connectivity index (χ3v) is 15.3. The maximum absolute atomic E-state index is 12.9. The van der Waals surface area contributed by atoms with E-state index in [4.69, 9.17) is 14.2 Å². The molecule has 0 aromatic heterocycles. The monoisotopic (exact) mass is 1130 g/mol. The standard InChI is InChI=1S/C75H132O6/c1-4-7-10-13-16-19-22-25-28-31-34-35-36-37-38-39-40-41-42-45-47-50-53-56-59-62-65-68-74(77)80-71-72(81-75(78)69-66-63-60-57-54-51-48-44-33-30-27-24-21-18-15-12-9-6-3)70-79-73(76)67-64-61-58-55-52-49-46-43-32-29-26-23-20-17-14-11-8-5-2/h20-25,29-34,36-37,72H,4-19,26-28,35,38-71H2,1-3H3/b23-20-,24-21-,25-22-,32-29-,33-30-,34-31-,37-36-. The molecule has 6 nitrogen and oxygen atoms in total. The second kappa shape index (κ2) is 69.1. The summed E-state index contributed by atoms with van der Waals surface area (Å²) in [6, 6.07) is 0. The molecule has 0 saturated carbocycles. The van der Waals surface area contributed by atoms with Gasteiger partial charge in [-0.05, 0) is 122 Å². The second-order valence-electron chi connectivity index (χ2n) is 23.4. The Kier molecular flexibility index (Phi) is 66.2. The van der Waals surface area contributed by atoms with Crippen molar-refractivity contribution in [2.75, 3.05) is 13.2 Å². The Labute approximate surface area is 503 Å². The number of unbranched alkanes of at least 4 members (excludes halogenated alkanes) is 39. The van der Waals surface area contributed by atoms with E-state index in [0.717, 1.165) is 96.3 Å². The van der Waals surface area contributed by atoms with Crippen LogP contribution in [-0.4, -0.2) is 37.2 Å². The van der Waals surface area contributed by atoms with E-state index in [0.29, 0.717) is 19.3 Å². The van der Waals surface area contributed by atoms with Gasteiger partial charge in [0, 0.05) is 19.3 Å². The molecule has 0 spiro atoms. The highest BCUT2D eigenvalue weighted by Gasteiger charge is 2.19. The number of hydrogen-bond donors (Lipinski definition) is 0. The van der Waals surface area contributed by atoms with Gasteiger partial charge in [-0.15, -0.1) is 0 Å². The van der Waals surface area contributed by atoms with E-state index in [1.165, 1.54) is 218 Å². The number of allylic oxidation sites excluding steroid dienone is 14. The summed E-state index contributed by atoms with van der Waals surface area (Å²) in [6.45, 7) is 6.62. The van der Waals surface area contributed by atoms with Crippen molar-refractivity contribution in [3.05, 3.63) is 85.1 Å². The number of carbonyl (C=O) groups is 3. The molecule has 0 aromatic rings. The van der Waals surface area contributed by atoms with Crippen LogP contribution in [0.2, 0.25) is 0 Å². The molecule has 0 aliphatic heterocycles. The molecule has 0 rings (SSSR count). The SMILES string of the molecule is CCCCCC/C=C\C/C=C\CCCCCCCCCC(=O)OCC(COC(=O)CCCCCCCCCCCCCC/C=C\C/C=C\C/C=C\CCCCCCC)OC(=O)CCCCCCCCC/C=C\C/C=C\CCCCCC. The predicted octanol–water partition coefficient (Wildman–Crippen LogP) is 24.2. The third kappa shape index (κ3) is 67.3. The van der Waals surface area contributed by atoms with Crippen LogP contribution >= 0.6 is 0 Å². The summed E-state index contributed by atoms with van der Waals surface area (Å²) >= 11 is 0. The average molecular weight is 1130 g/mol. The first-order valence-corrected chi connectivity index (χ1v) is 35.1. The zero-order valence-electron chi connectivity index (χ0n) is 53.8. The van der Waals surface area contributed by atoms with Gasteiger partial charge in [-0.1, -0.05) is 298 Å². The van der Waals surface area contributed by atoms with Crippen LogP contribution in [0.5, 0.6) is 0 Å². The van der Waals surface area contributed by atoms with Crippen LogP contribution in [0.4, 0.5) is 0 Å². The highest BCUT2D eigenvalue weighted by molar-refractivity contribution is 5.71. The maximum Gasteiger partial charge on any atom is 0.306 e. The molecule has 0 amide bonds. The van der Waals surface area contributed by atoms with Gasteiger partial charge in [0.1, 0.15) is 13.2 Å². The highest BCUT2D eigenvalue weighted by atomic mass is 16.6. The Hall–Kier alpha value is -3.41. The quantitative estimate of drug-likeness (QED) is 0.0261. The molecular weight excluding hydrogens is 997 g/mol. The van der Waals surface area contributed by atoms with Gasteiger partial charge in [0.25, 0.3) is 0 Å². The van der Waals surface area contributed by atoms with E-state index in [-0.39, 0.29) is 31.1 Å². The van der Waals surface area contributed by atoms with Gasteiger partial charge in [-0.2, -0.15) is 0 Å². The smallest absolute Gasteiger partial charge is 0.306 e. The normalized spacial score (nSPS) is 12.6. The van der Waals surface area contributed by atoms with E-state index in [9.17, 15) is 14.4 Å². The fraction of sp³-hybridized carbons (Fsp3) is 0.773. The molecule has 468 valence electrons. The van der Waals surface area contributed by atoms with Crippen LogP contribution in [0, 0.1) is 0 Å². The lowest BCUT2D eigenvalue weighted by molar-refractivity contribution is -0.167. The third-order valence-electron chi connectivity index (χ3n) is 15.3. The van der Waals surface area contributed by atoms with Crippen molar-refractivity contribution in [3.8, 4) is 0 Å². The Morgan fingerprint density at radius 3 is 0.704 bits per heavy atom. The summed E-state index contributed by atoms with van der Waals surface area (Å²) in [5.41, 5.74) is 0. The summed E-state index contributed by atoms with van der Waals surface area (Å²) in [6.07, 6.45) is 91.6. The van der Waals surface area contributed by atoms with Crippen LogP contribution in [0.1, 0.15) is 355 Å². The van der Waals surface area contributed by atoms with E-state index < -0.39 is 6.10 Å². The van der Waals surface area contributed by atoms with Crippen molar-refractivity contribution in [2.45, 2.75) is 361 Å². The molecule has 0 heterocycles. The molecule has 0 saturated heterocycles. The molecule has 1 unspecified atom stereocenters. The van der Waals surface area contributed by atoms with Crippen molar-refractivity contribution in [2.24, 2.45) is 0 Å². The minimum atomic E-state index is -0.787. The number of carbonyl (C=O) groups excluding carboxylic acids is 3. The Bertz CT molecular complexity index is 1530. The van der Waals surface area contributed by atoms with Gasteiger partial charge >= 0.3 is 17.9 Å². The molecule has 0 fully saturated rings. The van der Waals surface area contributed by atoms with Crippen LogP contribution in [0.15, 0.2) is 85.1 Å². The number of rotatable bonds is 64. The molecular formula is C75H132O6. The number of hydrogen-bond acceptors (Lipinski definition) is 6. The van der Waals surface area contributed by atoms with Gasteiger partial charge < -0.3 is 14.2 Å². The molecule has 0 N–H and O–H groups in total. The van der Waals surface area contributed by atoms with E-state index in [1.807, 2.05) is 0 Å². The minimum absolute atomic E-state index is 0.0818. The molecule has 0 aliphatic rings. The molecule has 1 atom stereocenters. The van der Waals surface area contributed by atoms with Crippen LogP contribution in [0.25, 0.3) is 0 Å². The van der Waals surface area contributed by atoms with Crippen LogP contribution < -0.4 is 0 Å². The van der Waals surface area contributed by atoms with Crippen LogP contribution in [0.3, 0.4) is 0 Å². The Morgan fingerprint density at radius 1 is 0.247 bits per heavy atom. The van der Waals surface area contributed by atoms with Crippen molar-refractivity contribution in [1.82, 2.24) is 0 Å². The lowest BCUT2D eigenvalue weighted by Crippen LogP contribution is -2.30. The molecule has 81 heavy (non-hydrogen) atoms. The fourth-order valence-electron chi connectivity index (χ4n) is 10.0. The second-order valence-corrected chi connectivity index (χ2v) is 23.4. The van der Waals surface area contributed by atoms with E-state index in [2.05, 4.69) is 106 Å². The summed E-state index contributed by atoms with van der Waals surface area (Å²) in [5, 5.41) is 0. The van der Waals surface area contributed by atoms with Crippen molar-refractivity contribution in [3.63, 3.8) is 0 Å². The van der Waals surface area contributed by atoms with E-state index in [1.54, 1.807) is 0 Å². The zero-order valence-corrected chi connectivity index (χ0v) is 53.8. The number of esters is 3. The first-order chi connectivity index (χ1) is 40.0. The first-order valence-electron chi connectivity index (χ1n) is 35.1. The topological polar surface area (TPSA) is 78.9 Å². The van der Waals surface area contributed by atoms with Gasteiger partial charge in [-0.3, -0.25) is 14.4 Å². The molecule has 0 bridgehead atoms. The minimum Gasteiger partial charge on any atom is -0.462 e. The summed E-state index contributed by atoms with van der Waals surface area (Å²) < 4.78 is 17.0. The van der Waals surface area contributed by atoms with Gasteiger partial charge in [-0.25, -0.2) is 0 Å². The fourth-order valence-corrected chi connectivity index (χ4v) is 10.0. The zero-order chi connectivity index (χ0) is 58.5. The largest absolute Gasteiger partial charge is 0.462 e. The van der Waals surface area contributed by atoms with Gasteiger partial charge in [0.15, 0.2) is 6.10 Å². The highest BCUT2D eigenvalue weighted by Crippen LogP contribution is 2.17.